The van der Waals surface area contributed by atoms with Gasteiger partial charge < -0.3 is 19.5 Å². The molecule has 1 saturated heterocycles. The maximum absolute atomic E-state index is 13.9. The topological polar surface area (TPSA) is 92.2 Å². The van der Waals surface area contributed by atoms with Crippen molar-refractivity contribution in [2.24, 2.45) is 0 Å². The molecule has 1 amide bonds. The van der Waals surface area contributed by atoms with Crippen LogP contribution in [0.1, 0.15) is 39.0 Å². The summed E-state index contributed by atoms with van der Waals surface area (Å²) in [5.74, 6) is 0.496. The molecule has 8 nitrogen and oxygen atoms in total. The highest BCUT2D eigenvalue weighted by atomic mass is 32.2. The van der Waals surface area contributed by atoms with Gasteiger partial charge in [0, 0.05) is 59.4 Å². The monoisotopic (exact) mass is 685 g/mol. The molecule has 1 unspecified atom stereocenters. The van der Waals surface area contributed by atoms with E-state index < -0.39 is 23.8 Å². The number of hydrogen-bond acceptors (Lipinski definition) is 8. The fourth-order valence-corrected chi connectivity index (χ4v) is 7.33. The third-order valence-corrected chi connectivity index (χ3v) is 10.1. The average molecular weight is 686 g/mol. The second kappa shape index (κ2) is 14.8. The molecule has 0 aliphatic carbocycles. The van der Waals surface area contributed by atoms with Crippen molar-refractivity contribution in [1.29, 1.82) is 0 Å². The van der Waals surface area contributed by atoms with Crippen LogP contribution in [-0.2, 0) is 23.3 Å². The van der Waals surface area contributed by atoms with Gasteiger partial charge in [0.05, 0.1) is 18.4 Å². The number of rotatable bonds is 11. The molecule has 1 fully saturated rings. The predicted molar refractivity (Wildman–Crippen MR) is 175 cm³/mol. The summed E-state index contributed by atoms with van der Waals surface area (Å²) in [6.07, 6.45) is -5.52. The van der Waals surface area contributed by atoms with Crippen LogP contribution in [0.25, 0.3) is 10.6 Å². The van der Waals surface area contributed by atoms with Crippen LogP contribution in [0.4, 0.5) is 13.2 Å². The minimum atomic E-state index is -4.52. The number of carboxylic acids is 1. The molecule has 0 radical (unpaired) electrons. The number of aliphatic carboxylic acids is 1. The van der Waals surface area contributed by atoms with Gasteiger partial charge in [0.2, 0.25) is 0 Å². The molecule has 5 rings (SSSR count). The van der Waals surface area contributed by atoms with E-state index in [9.17, 15) is 22.8 Å². The number of alkyl halides is 3. The Labute approximate surface area is 279 Å². The number of halogens is 3. The minimum absolute atomic E-state index is 0.0438. The molecule has 1 aliphatic rings. The predicted octanol–water partition coefficient (Wildman–Crippen LogP) is 7.25. The second-order valence-electron chi connectivity index (χ2n) is 11.0. The van der Waals surface area contributed by atoms with Crippen LogP contribution < -0.4 is 9.47 Å². The van der Waals surface area contributed by atoms with Gasteiger partial charge in [-0.05, 0) is 67.9 Å². The van der Waals surface area contributed by atoms with Crippen molar-refractivity contribution in [2.75, 3.05) is 33.3 Å². The van der Waals surface area contributed by atoms with Gasteiger partial charge in [0.25, 0.3) is 5.91 Å². The normalized spacial score (nSPS) is 14.6. The first-order chi connectivity index (χ1) is 22.4. The zero-order valence-corrected chi connectivity index (χ0v) is 27.7. The molecular formula is C34H34F3N3O5S2. The number of carbonyl (C=O) groups excluding carboxylic acids is 1. The lowest BCUT2D eigenvalue weighted by Gasteiger charge is -2.34. The Hall–Kier alpha value is -4.07. The summed E-state index contributed by atoms with van der Waals surface area (Å²) in [7, 11) is 1.57. The van der Waals surface area contributed by atoms with Crippen LogP contribution in [0.5, 0.6) is 11.5 Å². The molecule has 2 heterocycles. The molecule has 4 aromatic rings. The van der Waals surface area contributed by atoms with E-state index in [1.54, 1.807) is 48.4 Å². The van der Waals surface area contributed by atoms with Gasteiger partial charge in [0.15, 0.2) is 6.10 Å². The van der Waals surface area contributed by atoms with Gasteiger partial charge in [0.1, 0.15) is 16.5 Å². The molecule has 1 aromatic heterocycles. The summed E-state index contributed by atoms with van der Waals surface area (Å²) in [4.78, 5) is 34.7. The van der Waals surface area contributed by atoms with Crippen molar-refractivity contribution in [3.05, 3.63) is 94.0 Å². The number of nitrogens with zero attached hydrogens (tertiary/aromatic N) is 3. The zero-order chi connectivity index (χ0) is 33.7. The fraction of sp³-hybridized carbons (Fsp3) is 0.324. The van der Waals surface area contributed by atoms with Crippen molar-refractivity contribution in [3.63, 3.8) is 0 Å². The molecule has 0 spiro atoms. The Morgan fingerprint density at radius 3 is 2.38 bits per heavy atom. The number of piperazine rings is 1. The number of benzene rings is 3. The number of hydrogen-bond donors (Lipinski definition) is 1. The Balaban J connectivity index is 1.33. The first kappa shape index (κ1) is 34.3. The van der Waals surface area contributed by atoms with E-state index in [0.717, 1.165) is 21.4 Å². The number of carboxylic acid groups (broad SMARTS) is 1. The van der Waals surface area contributed by atoms with Gasteiger partial charge in [-0.3, -0.25) is 9.69 Å². The average Bonchev–Trinajstić information content (AvgIpc) is 3.46. The highest BCUT2D eigenvalue weighted by Crippen LogP contribution is 2.41. The van der Waals surface area contributed by atoms with E-state index in [4.69, 9.17) is 19.6 Å². The van der Waals surface area contributed by atoms with E-state index in [1.165, 1.54) is 42.2 Å². The van der Waals surface area contributed by atoms with Crippen molar-refractivity contribution < 1.29 is 37.3 Å². The maximum Gasteiger partial charge on any atom is 0.417 e. The fourth-order valence-electron chi connectivity index (χ4n) is 5.12. The third-order valence-electron chi connectivity index (χ3n) is 7.78. The number of thioether (sulfide) groups is 1. The number of thiazole rings is 1. The van der Waals surface area contributed by atoms with Gasteiger partial charge >= 0.3 is 12.1 Å². The van der Waals surface area contributed by atoms with Crippen LogP contribution in [0.15, 0.2) is 71.6 Å². The molecule has 3 aromatic carbocycles. The lowest BCUT2D eigenvalue weighted by atomic mass is 10.1. The Bertz CT molecular complexity index is 1720. The first-order valence-electron chi connectivity index (χ1n) is 14.9. The van der Waals surface area contributed by atoms with Crippen LogP contribution in [-0.4, -0.2) is 71.2 Å². The number of aromatic nitrogens is 1. The van der Waals surface area contributed by atoms with Crippen molar-refractivity contribution in [1.82, 2.24) is 14.8 Å². The summed E-state index contributed by atoms with van der Waals surface area (Å²) in [6.45, 7) is 5.93. The quantitative estimate of drug-likeness (QED) is 0.165. The summed E-state index contributed by atoms with van der Waals surface area (Å²) < 4.78 is 52.5. The minimum Gasteiger partial charge on any atom is -0.497 e. The SMILES string of the molecule is COc1ccc(C(=O)N2CCN(Cc3nc(-c4ccccc4C(F)(F)F)sc3CSc3ccc(OC(C)C(=O)O)c(C)c3)CC2)cc1. The summed E-state index contributed by atoms with van der Waals surface area (Å²) in [5, 5.41) is 9.47. The van der Waals surface area contributed by atoms with Crippen molar-refractivity contribution in [3.8, 4) is 22.1 Å². The molecule has 248 valence electrons. The largest absolute Gasteiger partial charge is 0.497 e. The molecule has 1 aliphatic heterocycles. The van der Waals surface area contributed by atoms with Crippen LogP contribution in [0.3, 0.4) is 0 Å². The smallest absolute Gasteiger partial charge is 0.417 e. The van der Waals surface area contributed by atoms with E-state index in [0.29, 0.717) is 66.2 Å². The van der Waals surface area contributed by atoms with E-state index in [2.05, 4.69) is 4.90 Å². The molecule has 0 bridgehead atoms. The Morgan fingerprint density at radius 2 is 1.74 bits per heavy atom. The zero-order valence-electron chi connectivity index (χ0n) is 26.0. The van der Waals surface area contributed by atoms with Crippen LogP contribution in [0.2, 0.25) is 0 Å². The van der Waals surface area contributed by atoms with Gasteiger partial charge in [-0.25, -0.2) is 9.78 Å². The number of aryl methyl sites for hydroxylation is 1. The number of carbonyl (C=O) groups is 2. The number of ether oxygens (including phenoxy) is 2. The van der Waals surface area contributed by atoms with Gasteiger partial charge in [-0.2, -0.15) is 13.2 Å². The highest BCUT2D eigenvalue weighted by Gasteiger charge is 2.34. The molecular weight excluding hydrogens is 652 g/mol. The van der Waals surface area contributed by atoms with Gasteiger partial charge in [-0.1, -0.05) is 18.2 Å². The third kappa shape index (κ3) is 8.45. The molecule has 47 heavy (non-hydrogen) atoms. The summed E-state index contributed by atoms with van der Waals surface area (Å²) in [5.41, 5.74) is 1.37. The number of amides is 1. The second-order valence-corrected chi connectivity index (χ2v) is 13.2. The summed E-state index contributed by atoms with van der Waals surface area (Å²) >= 11 is 2.77. The van der Waals surface area contributed by atoms with Crippen molar-refractivity contribution in [2.45, 2.75) is 43.3 Å². The van der Waals surface area contributed by atoms with Crippen molar-refractivity contribution >= 4 is 35.0 Å². The molecule has 13 heteroatoms. The first-order valence-corrected chi connectivity index (χ1v) is 16.7. The highest BCUT2D eigenvalue weighted by molar-refractivity contribution is 7.98. The maximum atomic E-state index is 13.9. The number of methoxy groups -OCH3 is 1. The Morgan fingerprint density at radius 1 is 1.04 bits per heavy atom. The lowest BCUT2D eigenvalue weighted by Crippen LogP contribution is -2.48. The molecule has 0 saturated carbocycles. The standard InChI is InChI=1S/C34H34F3N3O5S2/c1-21-18-25(12-13-29(21)45-22(2)33(42)43)46-20-30-28(38-31(47-30)26-6-4-5-7-27(26)34(35,36)37)19-39-14-16-40(17-15-39)32(41)23-8-10-24(44-3)11-9-23/h4-13,18,22H,14-17,19-20H2,1-3H3,(H,42,43). The summed E-state index contributed by atoms with van der Waals surface area (Å²) in [6, 6.07) is 17.9. The van der Waals surface area contributed by atoms with E-state index >= 15 is 0 Å². The van der Waals surface area contributed by atoms with E-state index in [1.807, 2.05) is 19.1 Å². The van der Waals surface area contributed by atoms with Crippen LogP contribution >= 0.6 is 23.1 Å². The lowest BCUT2D eigenvalue weighted by molar-refractivity contribution is -0.144. The van der Waals surface area contributed by atoms with Gasteiger partial charge in [-0.15, -0.1) is 23.1 Å². The Kier molecular flexibility index (Phi) is 10.8. The van der Waals surface area contributed by atoms with E-state index in [-0.39, 0.29) is 11.5 Å². The molecule has 1 N–H and O–H groups in total. The van der Waals surface area contributed by atoms with Crippen LogP contribution in [0, 0.1) is 6.92 Å². The molecule has 1 atom stereocenters.